The standard InChI is InChI=1S/C24H51N2O6P/c1-3-4-5-6-7-8-9-10-11-12-13-14-15-16-17-18-24(27)30-21-23(25)22-32-33(28,29)31-20-19-26-2/h23,26H,3-22,25H2,1-2H3,(H,28,29). The van der Waals surface area contributed by atoms with Crippen molar-refractivity contribution < 1.29 is 28.0 Å². The molecule has 33 heavy (non-hydrogen) atoms. The van der Waals surface area contributed by atoms with Gasteiger partial charge in [-0.2, -0.15) is 0 Å². The van der Waals surface area contributed by atoms with Crippen molar-refractivity contribution in [3.63, 3.8) is 0 Å². The molecule has 0 saturated heterocycles. The fraction of sp³-hybridized carbons (Fsp3) is 0.958. The van der Waals surface area contributed by atoms with Crippen LogP contribution in [0.5, 0.6) is 0 Å². The van der Waals surface area contributed by atoms with Crippen molar-refractivity contribution in [3.8, 4) is 0 Å². The lowest BCUT2D eigenvalue weighted by molar-refractivity contribution is -0.144. The zero-order chi connectivity index (χ0) is 24.6. The van der Waals surface area contributed by atoms with Gasteiger partial charge >= 0.3 is 13.8 Å². The van der Waals surface area contributed by atoms with Crippen LogP contribution < -0.4 is 11.1 Å². The van der Waals surface area contributed by atoms with Gasteiger partial charge in [0.1, 0.15) is 6.61 Å². The fourth-order valence-electron chi connectivity index (χ4n) is 3.45. The van der Waals surface area contributed by atoms with Gasteiger partial charge in [-0.15, -0.1) is 0 Å². The number of phosphoric acid groups is 1. The van der Waals surface area contributed by atoms with Crippen molar-refractivity contribution in [2.24, 2.45) is 5.73 Å². The van der Waals surface area contributed by atoms with E-state index in [0.29, 0.717) is 13.0 Å². The summed E-state index contributed by atoms with van der Waals surface area (Å²) in [5.41, 5.74) is 5.77. The molecule has 0 bridgehead atoms. The largest absolute Gasteiger partial charge is 0.472 e. The number of esters is 1. The maximum atomic E-state index is 11.8. The summed E-state index contributed by atoms with van der Waals surface area (Å²) in [5, 5.41) is 2.79. The van der Waals surface area contributed by atoms with Gasteiger partial charge < -0.3 is 20.7 Å². The van der Waals surface area contributed by atoms with E-state index < -0.39 is 13.9 Å². The van der Waals surface area contributed by atoms with Gasteiger partial charge in [0, 0.05) is 13.0 Å². The Morgan fingerprint density at radius 3 is 1.82 bits per heavy atom. The summed E-state index contributed by atoms with van der Waals surface area (Å²) in [5.74, 6) is -0.294. The summed E-state index contributed by atoms with van der Waals surface area (Å²) in [7, 11) is -2.43. The van der Waals surface area contributed by atoms with Gasteiger partial charge in [0.05, 0.1) is 19.3 Å². The average molecular weight is 495 g/mol. The molecular weight excluding hydrogens is 443 g/mol. The maximum Gasteiger partial charge on any atom is 0.472 e. The lowest BCUT2D eigenvalue weighted by atomic mass is 10.0. The third kappa shape index (κ3) is 24.4. The third-order valence-corrected chi connectivity index (χ3v) is 6.49. The molecule has 0 aromatic heterocycles. The summed E-state index contributed by atoms with van der Waals surface area (Å²) in [6.45, 7) is 2.47. The lowest BCUT2D eigenvalue weighted by Crippen LogP contribution is -2.32. The molecule has 0 aliphatic heterocycles. The number of nitrogens with two attached hydrogens (primary N) is 1. The van der Waals surface area contributed by atoms with Gasteiger partial charge in [0.2, 0.25) is 0 Å². The molecule has 0 aromatic carbocycles. The van der Waals surface area contributed by atoms with Crippen LogP contribution in [0.2, 0.25) is 0 Å². The van der Waals surface area contributed by atoms with E-state index in [2.05, 4.69) is 12.2 Å². The minimum absolute atomic E-state index is 0.0475. The van der Waals surface area contributed by atoms with Crippen molar-refractivity contribution in [2.75, 3.05) is 33.4 Å². The van der Waals surface area contributed by atoms with E-state index in [4.69, 9.17) is 19.5 Å². The molecule has 2 unspecified atom stereocenters. The number of ether oxygens (including phenoxy) is 1. The van der Waals surface area contributed by atoms with Crippen LogP contribution in [0.15, 0.2) is 0 Å². The molecule has 0 amide bonds. The first-order valence-corrected chi connectivity index (χ1v) is 14.6. The molecule has 4 N–H and O–H groups in total. The van der Waals surface area contributed by atoms with Crippen LogP contribution in [0.25, 0.3) is 0 Å². The second-order valence-corrected chi connectivity index (χ2v) is 10.3. The summed E-state index contributed by atoms with van der Waals surface area (Å²) in [6, 6.07) is -0.677. The van der Waals surface area contributed by atoms with Gasteiger partial charge in [-0.1, -0.05) is 96.8 Å². The lowest BCUT2D eigenvalue weighted by Gasteiger charge is -2.16. The normalized spacial score (nSPS) is 14.2. The van der Waals surface area contributed by atoms with Gasteiger partial charge in [-0.3, -0.25) is 13.8 Å². The molecule has 0 aliphatic rings. The highest BCUT2D eigenvalue weighted by atomic mass is 31.2. The van der Waals surface area contributed by atoms with E-state index in [1.807, 2.05) is 0 Å². The molecule has 0 rings (SSSR count). The monoisotopic (exact) mass is 494 g/mol. The first kappa shape index (κ1) is 32.5. The molecule has 8 nitrogen and oxygen atoms in total. The Labute approximate surface area is 202 Å². The number of unbranched alkanes of at least 4 members (excludes halogenated alkanes) is 14. The Morgan fingerprint density at radius 2 is 1.33 bits per heavy atom. The minimum atomic E-state index is -4.13. The molecule has 0 aromatic rings. The number of phosphoric ester groups is 1. The number of nitrogens with one attached hydrogen (secondary N) is 1. The number of hydrogen-bond acceptors (Lipinski definition) is 7. The Morgan fingerprint density at radius 1 is 0.848 bits per heavy atom. The zero-order valence-electron chi connectivity index (χ0n) is 21.2. The van der Waals surface area contributed by atoms with Crippen molar-refractivity contribution in [3.05, 3.63) is 0 Å². The molecule has 0 fully saturated rings. The van der Waals surface area contributed by atoms with Gasteiger partial charge in [0.15, 0.2) is 0 Å². The van der Waals surface area contributed by atoms with Crippen molar-refractivity contribution >= 4 is 13.8 Å². The van der Waals surface area contributed by atoms with E-state index in [9.17, 15) is 14.3 Å². The van der Waals surface area contributed by atoms with Crippen LogP contribution in [0, 0.1) is 0 Å². The quantitative estimate of drug-likeness (QED) is 0.0868. The average Bonchev–Trinajstić information content (AvgIpc) is 2.79. The molecular formula is C24H51N2O6P. The van der Waals surface area contributed by atoms with E-state index in [1.54, 1.807) is 7.05 Å². The Bertz CT molecular complexity index is 496. The number of rotatable bonds is 25. The summed E-state index contributed by atoms with van der Waals surface area (Å²) in [4.78, 5) is 21.3. The molecule has 198 valence electrons. The summed E-state index contributed by atoms with van der Waals surface area (Å²) in [6.07, 6.45) is 19.6. The molecule has 0 aliphatic carbocycles. The predicted molar refractivity (Wildman–Crippen MR) is 134 cm³/mol. The van der Waals surface area contributed by atoms with Crippen LogP contribution in [0.3, 0.4) is 0 Å². The molecule has 0 heterocycles. The van der Waals surface area contributed by atoms with Gasteiger partial charge in [-0.05, 0) is 13.5 Å². The van der Waals surface area contributed by atoms with E-state index in [0.717, 1.165) is 19.3 Å². The highest BCUT2D eigenvalue weighted by molar-refractivity contribution is 7.47. The third-order valence-electron chi connectivity index (χ3n) is 5.50. The summed E-state index contributed by atoms with van der Waals surface area (Å²) >= 11 is 0. The van der Waals surface area contributed by atoms with E-state index in [-0.39, 0.29) is 25.8 Å². The second kappa shape index (κ2) is 23.3. The Kier molecular flexibility index (Phi) is 22.9. The smallest absolute Gasteiger partial charge is 0.464 e. The van der Waals surface area contributed by atoms with Crippen LogP contribution in [-0.2, 0) is 23.1 Å². The van der Waals surface area contributed by atoms with Gasteiger partial charge in [0.25, 0.3) is 0 Å². The Balaban J connectivity index is 3.44. The molecule has 0 spiro atoms. The van der Waals surface area contributed by atoms with Crippen LogP contribution in [0.4, 0.5) is 0 Å². The molecule has 2 atom stereocenters. The minimum Gasteiger partial charge on any atom is -0.464 e. The van der Waals surface area contributed by atoms with E-state index in [1.165, 1.54) is 77.0 Å². The van der Waals surface area contributed by atoms with Crippen LogP contribution in [-0.4, -0.2) is 50.3 Å². The predicted octanol–water partition coefficient (Wildman–Crippen LogP) is 5.47. The summed E-state index contributed by atoms with van der Waals surface area (Å²) < 4.78 is 26.3. The first-order chi connectivity index (χ1) is 15.9. The maximum absolute atomic E-state index is 11.8. The molecule has 9 heteroatoms. The van der Waals surface area contributed by atoms with Crippen molar-refractivity contribution in [1.82, 2.24) is 5.32 Å². The van der Waals surface area contributed by atoms with Crippen molar-refractivity contribution in [2.45, 2.75) is 116 Å². The highest BCUT2D eigenvalue weighted by Gasteiger charge is 2.22. The van der Waals surface area contributed by atoms with E-state index >= 15 is 0 Å². The van der Waals surface area contributed by atoms with Gasteiger partial charge in [-0.25, -0.2) is 4.57 Å². The number of likely N-dealkylation sites (N-methyl/N-ethyl adjacent to an activating group) is 1. The number of carbonyl (C=O) groups is 1. The topological polar surface area (TPSA) is 120 Å². The molecule has 0 radical (unpaired) electrons. The highest BCUT2D eigenvalue weighted by Crippen LogP contribution is 2.42. The number of carbonyl (C=O) groups excluding carboxylic acids is 1. The Hall–Kier alpha value is -0.500. The zero-order valence-corrected chi connectivity index (χ0v) is 22.1. The molecule has 0 saturated carbocycles. The number of hydrogen-bond donors (Lipinski definition) is 3. The second-order valence-electron chi connectivity index (χ2n) is 8.84. The van der Waals surface area contributed by atoms with Crippen LogP contribution in [0.1, 0.15) is 110 Å². The first-order valence-electron chi connectivity index (χ1n) is 13.1. The van der Waals surface area contributed by atoms with Crippen molar-refractivity contribution in [1.29, 1.82) is 0 Å². The SMILES string of the molecule is CCCCCCCCCCCCCCCCCC(=O)OCC(N)COP(=O)(O)OCCNC. The van der Waals surface area contributed by atoms with Crippen LogP contribution >= 0.6 is 7.82 Å². The fourth-order valence-corrected chi connectivity index (χ4v) is 4.23.